The minimum Gasteiger partial charge on any atom is -0.288 e. The lowest BCUT2D eigenvalue weighted by Crippen LogP contribution is -2.32. The van der Waals surface area contributed by atoms with E-state index in [1.807, 2.05) is 6.92 Å². The molecule has 0 saturated carbocycles. The molecule has 1 saturated heterocycles. The van der Waals surface area contributed by atoms with E-state index in [9.17, 15) is 14.9 Å². The molecule has 1 fully saturated rings. The van der Waals surface area contributed by atoms with Crippen molar-refractivity contribution in [1.29, 1.82) is 0 Å². The minimum atomic E-state index is -0.406. The number of carbonyl (C=O) groups excluding carboxylic acids is 1. The van der Waals surface area contributed by atoms with Crippen LogP contribution in [0.3, 0.4) is 0 Å². The number of hydrogen-bond acceptors (Lipinski definition) is 4. The Morgan fingerprint density at radius 1 is 1.53 bits per heavy atom. The summed E-state index contributed by atoms with van der Waals surface area (Å²) >= 11 is 0. The van der Waals surface area contributed by atoms with Crippen molar-refractivity contribution in [1.82, 2.24) is 10.4 Å². The number of hydrogen-bond donors (Lipinski definition) is 1. The van der Waals surface area contributed by atoms with Gasteiger partial charge in [0.2, 0.25) is 5.91 Å². The summed E-state index contributed by atoms with van der Waals surface area (Å²) in [6.45, 7) is 2.76. The Morgan fingerprint density at radius 3 is 2.82 bits per heavy atom. The van der Waals surface area contributed by atoms with Crippen molar-refractivity contribution in [3.05, 3.63) is 39.9 Å². The number of para-hydroxylation sites is 1. The maximum absolute atomic E-state index is 11.3. The summed E-state index contributed by atoms with van der Waals surface area (Å²) in [6, 6.07) is 6.56. The van der Waals surface area contributed by atoms with Gasteiger partial charge in [-0.15, -0.1) is 0 Å². The number of benzene rings is 1. The van der Waals surface area contributed by atoms with Crippen molar-refractivity contribution in [3.63, 3.8) is 0 Å². The third-order valence-electron chi connectivity index (χ3n) is 2.76. The van der Waals surface area contributed by atoms with Gasteiger partial charge in [0.1, 0.15) is 0 Å². The molecule has 1 unspecified atom stereocenters. The van der Waals surface area contributed by atoms with Gasteiger partial charge in [-0.2, -0.15) is 0 Å². The molecule has 0 bridgehead atoms. The van der Waals surface area contributed by atoms with Gasteiger partial charge < -0.3 is 0 Å². The monoisotopic (exact) mass is 235 g/mol. The van der Waals surface area contributed by atoms with Gasteiger partial charge in [-0.25, -0.2) is 5.01 Å². The van der Waals surface area contributed by atoms with E-state index < -0.39 is 4.92 Å². The standard InChI is InChI=1S/C11H13N3O3/c1-8-6-13(12-11(8)15)7-9-4-2-3-5-10(9)14(16)17/h2-5,8H,6-7H2,1H3,(H,12,15). The molecule has 1 aromatic carbocycles. The number of rotatable bonds is 3. The third-order valence-corrected chi connectivity index (χ3v) is 2.76. The van der Waals surface area contributed by atoms with Gasteiger partial charge in [0.05, 0.1) is 10.8 Å². The van der Waals surface area contributed by atoms with Gasteiger partial charge in [0.25, 0.3) is 5.69 Å². The molecule has 17 heavy (non-hydrogen) atoms. The summed E-state index contributed by atoms with van der Waals surface area (Å²) in [6.07, 6.45) is 0. The van der Waals surface area contributed by atoms with E-state index in [4.69, 9.17) is 0 Å². The highest BCUT2D eigenvalue weighted by molar-refractivity contribution is 5.79. The van der Waals surface area contributed by atoms with Crippen LogP contribution in [0.5, 0.6) is 0 Å². The second-order valence-electron chi connectivity index (χ2n) is 4.14. The van der Waals surface area contributed by atoms with Crippen molar-refractivity contribution in [2.45, 2.75) is 13.5 Å². The van der Waals surface area contributed by atoms with E-state index in [1.165, 1.54) is 6.07 Å². The van der Waals surface area contributed by atoms with Gasteiger partial charge in [-0.05, 0) is 0 Å². The largest absolute Gasteiger partial charge is 0.288 e. The van der Waals surface area contributed by atoms with Crippen LogP contribution in [0.2, 0.25) is 0 Å². The summed E-state index contributed by atoms with van der Waals surface area (Å²) in [5.41, 5.74) is 3.38. The van der Waals surface area contributed by atoms with Gasteiger partial charge in [-0.3, -0.25) is 20.3 Å². The highest BCUT2D eigenvalue weighted by Crippen LogP contribution is 2.20. The molecular formula is C11H13N3O3. The average Bonchev–Trinajstić information content (AvgIpc) is 2.58. The zero-order chi connectivity index (χ0) is 12.4. The average molecular weight is 235 g/mol. The third kappa shape index (κ3) is 2.42. The van der Waals surface area contributed by atoms with E-state index in [0.717, 1.165) is 0 Å². The van der Waals surface area contributed by atoms with E-state index in [2.05, 4.69) is 5.43 Å². The van der Waals surface area contributed by atoms with Crippen LogP contribution in [-0.4, -0.2) is 22.4 Å². The van der Waals surface area contributed by atoms with Gasteiger partial charge in [0, 0.05) is 24.7 Å². The Kier molecular flexibility index (Phi) is 3.06. The summed E-state index contributed by atoms with van der Waals surface area (Å²) in [5, 5.41) is 12.5. The molecule has 1 N–H and O–H groups in total. The second kappa shape index (κ2) is 4.50. The van der Waals surface area contributed by atoms with Crippen molar-refractivity contribution in [2.75, 3.05) is 6.54 Å². The lowest BCUT2D eigenvalue weighted by Gasteiger charge is -2.14. The normalized spacial score (nSPS) is 20.3. The number of amides is 1. The first-order valence-electron chi connectivity index (χ1n) is 5.35. The number of nitrogens with zero attached hydrogens (tertiary/aromatic N) is 2. The van der Waals surface area contributed by atoms with Crippen molar-refractivity contribution in [3.8, 4) is 0 Å². The van der Waals surface area contributed by atoms with Crippen LogP contribution in [-0.2, 0) is 11.3 Å². The van der Waals surface area contributed by atoms with Crippen LogP contribution < -0.4 is 5.43 Å². The lowest BCUT2D eigenvalue weighted by molar-refractivity contribution is -0.385. The second-order valence-corrected chi connectivity index (χ2v) is 4.14. The molecule has 0 spiro atoms. The molecule has 1 atom stereocenters. The Hall–Kier alpha value is -1.95. The number of nitro groups is 1. The summed E-state index contributed by atoms with van der Waals surface area (Å²) in [4.78, 5) is 21.7. The van der Waals surface area contributed by atoms with Crippen molar-refractivity contribution >= 4 is 11.6 Å². The summed E-state index contributed by atoms with van der Waals surface area (Å²) in [5.74, 6) is -0.110. The molecule has 1 aromatic rings. The molecular weight excluding hydrogens is 222 g/mol. The van der Waals surface area contributed by atoms with Crippen molar-refractivity contribution in [2.24, 2.45) is 5.92 Å². The molecule has 1 heterocycles. The number of carbonyl (C=O) groups is 1. The fourth-order valence-corrected chi connectivity index (χ4v) is 1.86. The molecule has 6 heteroatoms. The SMILES string of the molecule is CC1CN(Cc2ccccc2[N+](=O)[O-])NC1=O. The topological polar surface area (TPSA) is 75.5 Å². The maximum atomic E-state index is 11.3. The fraction of sp³-hybridized carbons (Fsp3) is 0.364. The smallest absolute Gasteiger partial charge is 0.273 e. The number of hydrazine groups is 1. The predicted molar refractivity (Wildman–Crippen MR) is 60.8 cm³/mol. The molecule has 90 valence electrons. The van der Waals surface area contributed by atoms with Crippen LogP contribution in [0, 0.1) is 16.0 Å². The molecule has 0 aliphatic carbocycles. The quantitative estimate of drug-likeness (QED) is 0.628. The fourth-order valence-electron chi connectivity index (χ4n) is 1.86. The van der Waals surface area contributed by atoms with E-state index in [1.54, 1.807) is 23.2 Å². The zero-order valence-electron chi connectivity index (χ0n) is 9.42. The van der Waals surface area contributed by atoms with Gasteiger partial charge >= 0.3 is 0 Å². The Bertz CT molecular complexity index is 461. The van der Waals surface area contributed by atoms with Crippen LogP contribution in [0.4, 0.5) is 5.69 Å². The van der Waals surface area contributed by atoms with E-state index >= 15 is 0 Å². The van der Waals surface area contributed by atoms with Crippen LogP contribution in [0.15, 0.2) is 24.3 Å². The zero-order valence-corrected chi connectivity index (χ0v) is 9.42. The molecule has 0 aromatic heterocycles. The molecule has 1 amide bonds. The Morgan fingerprint density at radius 2 is 2.24 bits per heavy atom. The van der Waals surface area contributed by atoms with Gasteiger partial charge in [-0.1, -0.05) is 25.1 Å². The molecule has 1 aliphatic heterocycles. The molecule has 0 radical (unpaired) electrons. The van der Waals surface area contributed by atoms with Crippen molar-refractivity contribution < 1.29 is 9.72 Å². The van der Waals surface area contributed by atoms with Crippen LogP contribution >= 0.6 is 0 Å². The summed E-state index contributed by atoms with van der Waals surface area (Å²) in [7, 11) is 0. The molecule has 6 nitrogen and oxygen atoms in total. The Balaban J connectivity index is 2.14. The molecule has 1 aliphatic rings. The van der Waals surface area contributed by atoms with Gasteiger partial charge in [0.15, 0.2) is 0 Å². The Labute approximate surface area is 98.3 Å². The first kappa shape index (κ1) is 11.5. The summed E-state index contributed by atoms with van der Waals surface area (Å²) < 4.78 is 0. The number of nitrogens with one attached hydrogen (secondary N) is 1. The highest BCUT2D eigenvalue weighted by atomic mass is 16.6. The predicted octanol–water partition coefficient (Wildman–Crippen LogP) is 1.08. The minimum absolute atomic E-state index is 0.0383. The van der Waals surface area contributed by atoms with Crippen LogP contribution in [0.1, 0.15) is 12.5 Å². The lowest BCUT2D eigenvalue weighted by atomic mass is 10.1. The van der Waals surface area contributed by atoms with Crippen LogP contribution in [0.25, 0.3) is 0 Å². The first-order valence-corrected chi connectivity index (χ1v) is 5.35. The highest BCUT2D eigenvalue weighted by Gasteiger charge is 2.27. The number of nitro benzene ring substituents is 1. The first-order chi connectivity index (χ1) is 8.08. The maximum Gasteiger partial charge on any atom is 0.273 e. The van der Waals surface area contributed by atoms with E-state index in [0.29, 0.717) is 18.7 Å². The van der Waals surface area contributed by atoms with E-state index in [-0.39, 0.29) is 17.5 Å². The molecule has 2 rings (SSSR count).